The molecule has 0 bridgehead atoms. The van der Waals surface area contributed by atoms with E-state index in [2.05, 4.69) is 5.32 Å². The maximum absolute atomic E-state index is 12.4. The quantitative estimate of drug-likeness (QED) is 0.841. The number of ether oxygens (including phenoxy) is 1. The fourth-order valence-electron chi connectivity index (χ4n) is 2.51. The fourth-order valence-corrected chi connectivity index (χ4v) is 3.66. The van der Waals surface area contributed by atoms with E-state index in [0.29, 0.717) is 17.0 Å². The van der Waals surface area contributed by atoms with Crippen LogP contribution in [0, 0.1) is 20.8 Å². The number of nitrogens with one attached hydrogen (secondary N) is 1. The summed E-state index contributed by atoms with van der Waals surface area (Å²) in [5.41, 5.74) is 2.93. The molecule has 0 spiro atoms. The SMILES string of the molecule is Cc1ccc(NC(=O)COc2c(C)cccc2C)cc1S(=O)(=O)N(C)C. The largest absolute Gasteiger partial charge is 0.483 e. The molecule has 0 saturated carbocycles. The minimum atomic E-state index is -3.58. The summed E-state index contributed by atoms with van der Waals surface area (Å²) in [7, 11) is -0.640. The molecular formula is C19H24N2O4S. The number of anilines is 1. The van der Waals surface area contributed by atoms with E-state index in [1.54, 1.807) is 19.1 Å². The summed E-state index contributed by atoms with van der Waals surface area (Å²) in [6, 6.07) is 10.6. The van der Waals surface area contributed by atoms with E-state index in [1.807, 2.05) is 32.0 Å². The summed E-state index contributed by atoms with van der Waals surface area (Å²) in [6.45, 7) is 5.39. The van der Waals surface area contributed by atoms with Gasteiger partial charge in [0.25, 0.3) is 5.91 Å². The van der Waals surface area contributed by atoms with Crippen LogP contribution in [-0.4, -0.2) is 39.3 Å². The van der Waals surface area contributed by atoms with Gasteiger partial charge in [0.15, 0.2) is 6.61 Å². The van der Waals surface area contributed by atoms with Crippen LogP contribution in [0.5, 0.6) is 5.75 Å². The van der Waals surface area contributed by atoms with Crippen LogP contribution in [0.15, 0.2) is 41.3 Å². The van der Waals surface area contributed by atoms with E-state index < -0.39 is 10.0 Å². The molecule has 2 aromatic carbocycles. The Kier molecular flexibility index (Phi) is 6.05. The van der Waals surface area contributed by atoms with E-state index >= 15 is 0 Å². The summed E-state index contributed by atoms with van der Waals surface area (Å²) < 4.78 is 31.5. The van der Waals surface area contributed by atoms with Crippen LogP contribution in [-0.2, 0) is 14.8 Å². The molecule has 6 nitrogen and oxygen atoms in total. The number of hydrogen-bond donors (Lipinski definition) is 1. The summed E-state index contributed by atoms with van der Waals surface area (Å²) in [6.07, 6.45) is 0. The lowest BCUT2D eigenvalue weighted by Gasteiger charge is -2.15. The third-order valence-corrected chi connectivity index (χ3v) is 5.94. The Balaban J connectivity index is 2.13. The van der Waals surface area contributed by atoms with Crippen LogP contribution in [0.3, 0.4) is 0 Å². The monoisotopic (exact) mass is 376 g/mol. The van der Waals surface area contributed by atoms with Crippen molar-refractivity contribution in [3.8, 4) is 5.75 Å². The Morgan fingerprint density at radius 2 is 1.65 bits per heavy atom. The van der Waals surface area contributed by atoms with Gasteiger partial charge in [0.1, 0.15) is 5.75 Å². The summed E-state index contributed by atoms with van der Waals surface area (Å²) in [5, 5.41) is 2.68. The van der Waals surface area contributed by atoms with Gasteiger partial charge in [-0.2, -0.15) is 0 Å². The molecule has 0 aliphatic rings. The summed E-state index contributed by atoms with van der Waals surface area (Å²) >= 11 is 0. The van der Waals surface area contributed by atoms with Crippen LogP contribution < -0.4 is 10.1 Å². The van der Waals surface area contributed by atoms with E-state index in [-0.39, 0.29) is 17.4 Å². The standard InChI is InChI=1S/C19H24N2O4S/c1-13-9-10-16(11-17(13)26(23,24)21(4)5)20-18(22)12-25-19-14(2)7-6-8-15(19)3/h6-11H,12H2,1-5H3,(H,20,22). The Hall–Kier alpha value is -2.38. The van der Waals surface area contributed by atoms with Crippen LogP contribution >= 0.6 is 0 Å². The molecule has 0 aromatic heterocycles. The minimum Gasteiger partial charge on any atom is -0.483 e. The fraction of sp³-hybridized carbons (Fsp3) is 0.316. The second kappa shape index (κ2) is 7.88. The van der Waals surface area contributed by atoms with Gasteiger partial charge in [0.2, 0.25) is 10.0 Å². The molecule has 0 aliphatic carbocycles. The van der Waals surface area contributed by atoms with Crippen molar-refractivity contribution in [3.63, 3.8) is 0 Å². The number of amides is 1. The molecule has 140 valence electrons. The van der Waals surface area contributed by atoms with Gasteiger partial charge in [-0.05, 0) is 49.6 Å². The Morgan fingerprint density at radius 3 is 2.23 bits per heavy atom. The molecule has 0 aliphatic heterocycles. The summed E-state index contributed by atoms with van der Waals surface area (Å²) in [5.74, 6) is 0.326. The number of rotatable bonds is 6. The van der Waals surface area contributed by atoms with E-state index in [9.17, 15) is 13.2 Å². The first-order chi connectivity index (χ1) is 12.1. The second-order valence-electron chi connectivity index (χ2n) is 6.33. The van der Waals surface area contributed by atoms with Crippen molar-refractivity contribution >= 4 is 21.6 Å². The third kappa shape index (κ3) is 4.42. The van der Waals surface area contributed by atoms with Gasteiger partial charge in [0, 0.05) is 19.8 Å². The number of carbonyl (C=O) groups is 1. The van der Waals surface area contributed by atoms with Crippen molar-refractivity contribution in [2.75, 3.05) is 26.0 Å². The van der Waals surface area contributed by atoms with Crippen LogP contribution in [0.25, 0.3) is 0 Å². The highest BCUT2D eigenvalue weighted by Gasteiger charge is 2.20. The molecule has 2 aromatic rings. The third-order valence-electron chi connectivity index (χ3n) is 3.99. The molecule has 1 N–H and O–H groups in total. The average Bonchev–Trinajstić information content (AvgIpc) is 2.56. The van der Waals surface area contributed by atoms with Crippen molar-refractivity contribution in [1.29, 1.82) is 0 Å². The lowest BCUT2D eigenvalue weighted by atomic mass is 10.1. The van der Waals surface area contributed by atoms with Crippen molar-refractivity contribution in [2.45, 2.75) is 25.7 Å². The van der Waals surface area contributed by atoms with Gasteiger partial charge in [-0.1, -0.05) is 24.3 Å². The first kappa shape index (κ1) is 19.9. The van der Waals surface area contributed by atoms with Crippen molar-refractivity contribution in [1.82, 2.24) is 4.31 Å². The zero-order valence-corrected chi connectivity index (χ0v) is 16.5. The lowest BCUT2D eigenvalue weighted by molar-refractivity contribution is -0.118. The summed E-state index contributed by atoms with van der Waals surface area (Å²) in [4.78, 5) is 12.4. The highest BCUT2D eigenvalue weighted by molar-refractivity contribution is 7.89. The van der Waals surface area contributed by atoms with Gasteiger partial charge < -0.3 is 10.1 Å². The van der Waals surface area contributed by atoms with E-state index in [4.69, 9.17) is 4.74 Å². The number of hydrogen-bond acceptors (Lipinski definition) is 4. The Bertz CT molecular complexity index is 901. The first-order valence-electron chi connectivity index (χ1n) is 8.15. The maximum Gasteiger partial charge on any atom is 0.262 e. The normalized spacial score (nSPS) is 11.5. The number of para-hydroxylation sites is 1. The lowest BCUT2D eigenvalue weighted by Crippen LogP contribution is -2.24. The zero-order chi connectivity index (χ0) is 19.5. The van der Waals surface area contributed by atoms with Gasteiger partial charge in [-0.3, -0.25) is 4.79 Å². The van der Waals surface area contributed by atoms with Gasteiger partial charge in [0.05, 0.1) is 4.90 Å². The van der Waals surface area contributed by atoms with Gasteiger partial charge in [-0.15, -0.1) is 0 Å². The molecule has 0 heterocycles. The molecule has 2 rings (SSSR count). The minimum absolute atomic E-state index is 0.157. The molecule has 0 atom stereocenters. The Labute approximate surface area is 154 Å². The predicted octanol–water partition coefficient (Wildman–Crippen LogP) is 2.88. The first-order valence-corrected chi connectivity index (χ1v) is 9.59. The van der Waals surface area contributed by atoms with E-state index in [1.165, 1.54) is 20.2 Å². The molecular weight excluding hydrogens is 352 g/mol. The number of aryl methyl sites for hydroxylation is 3. The average molecular weight is 376 g/mol. The molecule has 0 fully saturated rings. The van der Waals surface area contributed by atoms with Crippen LogP contribution in [0.4, 0.5) is 5.69 Å². The second-order valence-corrected chi connectivity index (χ2v) is 8.45. The van der Waals surface area contributed by atoms with Crippen LogP contribution in [0.2, 0.25) is 0 Å². The van der Waals surface area contributed by atoms with E-state index in [0.717, 1.165) is 15.4 Å². The number of nitrogens with zero attached hydrogens (tertiary/aromatic N) is 1. The molecule has 0 saturated heterocycles. The van der Waals surface area contributed by atoms with Crippen molar-refractivity contribution < 1.29 is 17.9 Å². The number of benzene rings is 2. The highest BCUT2D eigenvalue weighted by atomic mass is 32.2. The van der Waals surface area contributed by atoms with Gasteiger partial charge >= 0.3 is 0 Å². The molecule has 7 heteroatoms. The molecule has 0 radical (unpaired) electrons. The molecule has 26 heavy (non-hydrogen) atoms. The molecule has 0 unspecified atom stereocenters. The highest BCUT2D eigenvalue weighted by Crippen LogP contribution is 2.24. The maximum atomic E-state index is 12.4. The van der Waals surface area contributed by atoms with Gasteiger partial charge in [-0.25, -0.2) is 12.7 Å². The molecule has 1 amide bonds. The van der Waals surface area contributed by atoms with Crippen molar-refractivity contribution in [2.24, 2.45) is 0 Å². The van der Waals surface area contributed by atoms with Crippen molar-refractivity contribution in [3.05, 3.63) is 53.1 Å². The zero-order valence-electron chi connectivity index (χ0n) is 15.7. The Morgan fingerprint density at radius 1 is 1.04 bits per heavy atom. The topological polar surface area (TPSA) is 75.7 Å². The predicted molar refractivity (Wildman–Crippen MR) is 102 cm³/mol. The number of sulfonamides is 1. The number of carbonyl (C=O) groups excluding carboxylic acids is 1. The smallest absolute Gasteiger partial charge is 0.262 e. The van der Waals surface area contributed by atoms with Crippen LogP contribution in [0.1, 0.15) is 16.7 Å².